The van der Waals surface area contributed by atoms with Crippen molar-refractivity contribution in [3.63, 3.8) is 0 Å². The molecule has 2 aliphatic heterocycles. The summed E-state index contributed by atoms with van der Waals surface area (Å²) in [5.74, 6) is 0.760. The van der Waals surface area contributed by atoms with Gasteiger partial charge in [-0.3, -0.25) is 4.90 Å². The zero-order valence-electron chi connectivity index (χ0n) is 14.1. The fourth-order valence-electron chi connectivity index (χ4n) is 3.64. The molecule has 2 rings (SSSR count). The summed E-state index contributed by atoms with van der Waals surface area (Å²) in [5.41, 5.74) is 0.0938. The van der Waals surface area contributed by atoms with E-state index in [4.69, 9.17) is 4.74 Å². The normalized spacial score (nSPS) is 36.1. The first-order chi connectivity index (χ1) is 9.45. The van der Waals surface area contributed by atoms with E-state index >= 15 is 0 Å². The first kappa shape index (κ1) is 16.3. The average Bonchev–Trinajstić information content (AvgIpc) is 2.77. The minimum absolute atomic E-state index is 0.0938. The Labute approximate surface area is 125 Å². The Balaban J connectivity index is 1.92. The fraction of sp³-hybridized carbons (Fsp3) is 1.00. The van der Waals surface area contributed by atoms with Crippen molar-refractivity contribution in [3.05, 3.63) is 0 Å². The van der Waals surface area contributed by atoms with Crippen LogP contribution in [0.5, 0.6) is 0 Å². The molecule has 1 N–H and O–H groups in total. The molecule has 0 spiro atoms. The van der Waals surface area contributed by atoms with Crippen LogP contribution in [0.4, 0.5) is 0 Å². The molecule has 2 aliphatic rings. The number of hydrogen-bond acceptors (Lipinski definition) is 3. The minimum atomic E-state index is 0.0938. The minimum Gasteiger partial charge on any atom is -0.371 e. The van der Waals surface area contributed by atoms with Gasteiger partial charge >= 0.3 is 0 Å². The average molecular weight is 282 g/mol. The van der Waals surface area contributed by atoms with Crippen LogP contribution in [0.3, 0.4) is 0 Å². The molecule has 3 nitrogen and oxygen atoms in total. The highest BCUT2D eigenvalue weighted by atomic mass is 16.5. The molecule has 0 aromatic heterocycles. The Bertz CT molecular complexity index is 305. The topological polar surface area (TPSA) is 24.5 Å². The van der Waals surface area contributed by atoms with Gasteiger partial charge in [-0.1, -0.05) is 27.2 Å². The summed E-state index contributed by atoms with van der Waals surface area (Å²) >= 11 is 0. The monoisotopic (exact) mass is 282 g/mol. The summed E-state index contributed by atoms with van der Waals surface area (Å²) in [6.45, 7) is 14.9. The molecule has 0 aliphatic carbocycles. The van der Waals surface area contributed by atoms with E-state index in [-0.39, 0.29) is 5.60 Å². The predicted octanol–water partition coefficient (Wildman–Crippen LogP) is 3.04. The van der Waals surface area contributed by atoms with E-state index in [2.05, 4.69) is 44.8 Å². The zero-order chi connectivity index (χ0) is 14.8. The summed E-state index contributed by atoms with van der Waals surface area (Å²) in [4.78, 5) is 2.69. The molecule has 118 valence electrons. The van der Waals surface area contributed by atoms with Crippen molar-refractivity contribution < 1.29 is 4.74 Å². The van der Waals surface area contributed by atoms with E-state index in [9.17, 15) is 0 Å². The first-order valence-electron chi connectivity index (χ1n) is 8.60. The second kappa shape index (κ2) is 6.76. The van der Waals surface area contributed by atoms with Gasteiger partial charge in [0, 0.05) is 31.7 Å². The summed E-state index contributed by atoms with van der Waals surface area (Å²) in [7, 11) is 0. The quantitative estimate of drug-likeness (QED) is 0.839. The number of piperazine rings is 1. The summed E-state index contributed by atoms with van der Waals surface area (Å²) in [5, 5.41) is 3.76. The van der Waals surface area contributed by atoms with E-state index in [1.54, 1.807) is 0 Å². The number of ether oxygens (including phenoxy) is 1. The van der Waals surface area contributed by atoms with Crippen molar-refractivity contribution >= 4 is 0 Å². The van der Waals surface area contributed by atoms with Gasteiger partial charge in [0.15, 0.2) is 0 Å². The predicted molar refractivity (Wildman–Crippen MR) is 85.1 cm³/mol. The number of rotatable bonds is 5. The van der Waals surface area contributed by atoms with Crippen LogP contribution in [0.15, 0.2) is 0 Å². The lowest BCUT2D eigenvalue weighted by Gasteiger charge is -2.43. The van der Waals surface area contributed by atoms with Crippen LogP contribution in [-0.4, -0.2) is 48.3 Å². The maximum absolute atomic E-state index is 6.20. The van der Waals surface area contributed by atoms with Gasteiger partial charge in [-0.2, -0.15) is 0 Å². The molecule has 2 fully saturated rings. The second-order valence-electron chi connectivity index (χ2n) is 7.45. The Kier molecular flexibility index (Phi) is 5.49. The van der Waals surface area contributed by atoms with Crippen molar-refractivity contribution in [1.29, 1.82) is 0 Å². The van der Waals surface area contributed by atoms with Crippen LogP contribution in [0.25, 0.3) is 0 Å². The molecular formula is C17H34N2O. The molecule has 0 aromatic carbocycles. The summed E-state index contributed by atoms with van der Waals surface area (Å²) < 4.78 is 6.20. The highest BCUT2D eigenvalue weighted by molar-refractivity contribution is 4.91. The Morgan fingerprint density at radius 3 is 2.65 bits per heavy atom. The molecule has 4 atom stereocenters. The van der Waals surface area contributed by atoms with Crippen molar-refractivity contribution in [2.45, 2.75) is 84.1 Å². The standard InChI is InChI=1S/C17H34N2O/c1-6-13(3)16-12-19(14(7-2)10-18-16)11-15-8-9-17(4,5)20-15/h13-16,18H,6-12H2,1-5H3. The van der Waals surface area contributed by atoms with Crippen LogP contribution in [0, 0.1) is 5.92 Å². The van der Waals surface area contributed by atoms with Crippen molar-refractivity contribution in [1.82, 2.24) is 10.2 Å². The van der Waals surface area contributed by atoms with Crippen LogP contribution in [0.1, 0.15) is 60.3 Å². The van der Waals surface area contributed by atoms with E-state index in [0.29, 0.717) is 18.2 Å². The third-order valence-electron chi connectivity index (χ3n) is 5.36. The van der Waals surface area contributed by atoms with E-state index in [1.165, 1.54) is 32.2 Å². The smallest absolute Gasteiger partial charge is 0.0710 e. The Morgan fingerprint density at radius 2 is 2.10 bits per heavy atom. The maximum Gasteiger partial charge on any atom is 0.0710 e. The highest BCUT2D eigenvalue weighted by Crippen LogP contribution is 2.30. The largest absolute Gasteiger partial charge is 0.371 e. The van der Waals surface area contributed by atoms with Gasteiger partial charge in [0.2, 0.25) is 0 Å². The second-order valence-corrected chi connectivity index (χ2v) is 7.45. The number of nitrogens with zero attached hydrogens (tertiary/aromatic N) is 1. The molecule has 0 amide bonds. The van der Waals surface area contributed by atoms with Gasteiger partial charge in [-0.15, -0.1) is 0 Å². The Hall–Kier alpha value is -0.120. The molecule has 2 heterocycles. The third kappa shape index (κ3) is 3.96. The van der Waals surface area contributed by atoms with Crippen molar-refractivity contribution in [3.8, 4) is 0 Å². The van der Waals surface area contributed by atoms with Crippen molar-refractivity contribution in [2.75, 3.05) is 19.6 Å². The molecule has 0 saturated carbocycles. The third-order valence-corrected chi connectivity index (χ3v) is 5.36. The molecule has 0 radical (unpaired) electrons. The fourth-order valence-corrected chi connectivity index (χ4v) is 3.64. The molecule has 2 saturated heterocycles. The SMILES string of the molecule is CCC(C)C1CN(CC2CCC(C)(C)O2)C(CC)CN1. The van der Waals surface area contributed by atoms with Gasteiger partial charge in [0.1, 0.15) is 0 Å². The van der Waals surface area contributed by atoms with Gasteiger partial charge in [-0.05, 0) is 39.0 Å². The first-order valence-corrected chi connectivity index (χ1v) is 8.60. The van der Waals surface area contributed by atoms with Crippen LogP contribution in [0.2, 0.25) is 0 Å². The van der Waals surface area contributed by atoms with Gasteiger partial charge in [-0.25, -0.2) is 0 Å². The lowest BCUT2D eigenvalue weighted by atomic mass is 9.94. The molecule has 0 bridgehead atoms. The molecule has 3 heteroatoms. The van der Waals surface area contributed by atoms with Crippen molar-refractivity contribution in [2.24, 2.45) is 5.92 Å². The van der Waals surface area contributed by atoms with Crippen LogP contribution in [-0.2, 0) is 4.74 Å². The zero-order valence-corrected chi connectivity index (χ0v) is 14.1. The molecule has 20 heavy (non-hydrogen) atoms. The molecule has 4 unspecified atom stereocenters. The van der Waals surface area contributed by atoms with Gasteiger partial charge in [0.05, 0.1) is 11.7 Å². The Morgan fingerprint density at radius 1 is 1.35 bits per heavy atom. The summed E-state index contributed by atoms with van der Waals surface area (Å²) in [6, 6.07) is 1.33. The van der Waals surface area contributed by atoms with Crippen LogP contribution >= 0.6 is 0 Å². The summed E-state index contributed by atoms with van der Waals surface area (Å²) in [6.07, 6.45) is 5.36. The lowest BCUT2D eigenvalue weighted by molar-refractivity contribution is -0.0401. The number of nitrogens with one attached hydrogen (secondary N) is 1. The van der Waals surface area contributed by atoms with Gasteiger partial charge < -0.3 is 10.1 Å². The highest BCUT2D eigenvalue weighted by Gasteiger charge is 2.36. The van der Waals surface area contributed by atoms with E-state index < -0.39 is 0 Å². The number of hydrogen-bond donors (Lipinski definition) is 1. The van der Waals surface area contributed by atoms with E-state index in [0.717, 1.165) is 19.0 Å². The van der Waals surface area contributed by atoms with E-state index in [1.807, 2.05) is 0 Å². The maximum atomic E-state index is 6.20. The lowest BCUT2D eigenvalue weighted by Crippen LogP contribution is -2.59. The van der Waals surface area contributed by atoms with Gasteiger partial charge in [0.25, 0.3) is 0 Å². The van der Waals surface area contributed by atoms with Crippen LogP contribution < -0.4 is 5.32 Å². The molecule has 0 aromatic rings. The molecular weight excluding hydrogens is 248 g/mol.